The SMILES string of the molecule is CC1CCC2(CC1)Nc1ccccc1C(=O)N2c1ccc(N2CCOCC2)cc1. The van der Waals surface area contributed by atoms with Crippen molar-refractivity contribution in [3.8, 4) is 0 Å². The number of rotatable bonds is 2. The first kappa shape index (κ1) is 18.5. The summed E-state index contributed by atoms with van der Waals surface area (Å²) in [5.41, 5.74) is 3.56. The van der Waals surface area contributed by atoms with Gasteiger partial charge in [-0.05, 0) is 68.0 Å². The summed E-state index contributed by atoms with van der Waals surface area (Å²) >= 11 is 0. The highest BCUT2D eigenvalue weighted by Crippen LogP contribution is 2.44. The Morgan fingerprint density at radius 1 is 0.966 bits per heavy atom. The van der Waals surface area contributed by atoms with E-state index in [1.807, 2.05) is 29.2 Å². The quantitative estimate of drug-likeness (QED) is 0.819. The number of nitrogens with zero attached hydrogens (tertiary/aromatic N) is 2. The van der Waals surface area contributed by atoms with Crippen molar-refractivity contribution in [2.45, 2.75) is 38.3 Å². The lowest BCUT2D eigenvalue weighted by atomic mass is 9.79. The van der Waals surface area contributed by atoms with Gasteiger partial charge in [0.1, 0.15) is 5.66 Å². The summed E-state index contributed by atoms with van der Waals surface area (Å²) in [7, 11) is 0. The summed E-state index contributed by atoms with van der Waals surface area (Å²) in [5.74, 6) is 0.813. The molecule has 0 radical (unpaired) electrons. The van der Waals surface area contributed by atoms with Crippen LogP contribution in [0.4, 0.5) is 17.1 Å². The van der Waals surface area contributed by atoms with Gasteiger partial charge in [0, 0.05) is 30.2 Å². The van der Waals surface area contributed by atoms with Crippen LogP contribution >= 0.6 is 0 Å². The number of ether oxygens (including phenoxy) is 1. The number of amides is 1. The maximum Gasteiger partial charge on any atom is 0.262 e. The van der Waals surface area contributed by atoms with Crippen LogP contribution < -0.4 is 15.1 Å². The average molecular weight is 392 g/mol. The molecule has 5 nitrogen and oxygen atoms in total. The second-order valence-corrected chi connectivity index (χ2v) is 8.64. The van der Waals surface area contributed by atoms with Crippen molar-refractivity contribution < 1.29 is 9.53 Å². The molecule has 152 valence electrons. The maximum absolute atomic E-state index is 13.6. The van der Waals surface area contributed by atoms with Gasteiger partial charge < -0.3 is 15.0 Å². The molecule has 1 aliphatic carbocycles. The number of morpholine rings is 1. The highest BCUT2D eigenvalue weighted by Gasteiger charge is 2.46. The molecule has 1 amide bonds. The molecule has 0 bridgehead atoms. The number of carbonyl (C=O) groups is 1. The van der Waals surface area contributed by atoms with Crippen molar-refractivity contribution in [3.05, 3.63) is 54.1 Å². The number of para-hydroxylation sites is 1. The number of benzene rings is 2. The van der Waals surface area contributed by atoms with Gasteiger partial charge >= 0.3 is 0 Å². The molecule has 2 heterocycles. The van der Waals surface area contributed by atoms with Gasteiger partial charge in [-0.2, -0.15) is 0 Å². The van der Waals surface area contributed by atoms with Gasteiger partial charge in [0.25, 0.3) is 5.91 Å². The summed E-state index contributed by atoms with van der Waals surface area (Å²) in [6.07, 6.45) is 4.20. The topological polar surface area (TPSA) is 44.8 Å². The molecule has 5 heteroatoms. The predicted molar refractivity (Wildman–Crippen MR) is 117 cm³/mol. The molecule has 2 fully saturated rings. The minimum atomic E-state index is -0.335. The van der Waals surface area contributed by atoms with Gasteiger partial charge in [-0.3, -0.25) is 9.69 Å². The molecule has 5 rings (SSSR count). The summed E-state index contributed by atoms with van der Waals surface area (Å²) in [6.45, 7) is 5.69. The minimum absolute atomic E-state index is 0.105. The van der Waals surface area contributed by atoms with Crippen LogP contribution in [-0.2, 0) is 4.74 Å². The van der Waals surface area contributed by atoms with Crippen LogP contribution in [0.15, 0.2) is 48.5 Å². The Balaban J connectivity index is 1.51. The van der Waals surface area contributed by atoms with Crippen molar-refractivity contribution >= 4 is 23.0 Å². The van der Waals surface area contributed by atoms with Crippen LogP contribution in [-0.4, -0.2) is 37.9 Å². The van der Waals surface area contributed by atoms with Crippen LogP contribution in [0.1, 0.15) is 43.0 Å². The van der Waals surface area contributed by atoms with Crippen LogP contribution in [0.2, 0.25) is 0 Å². The molecule has 1 saturated heterocycles. The average Bonchev–Trinajstić information content (AvgIpc) is 2.77. The lowest BCUT2D eigenvalue weighted by molar-refractivity contribution is 0.0930. The lowest BCUT2D eigenvalue weighted by Gasteiger charge is -2.51. The molecule has 0 atom stereocenters. The van der Waals surface area contributed by atoms with E-state index in [4.69, 9.17) is 4.74 Å². The highest BCUT2D eigenvalue weighted by atomic mass is 16.5. The Bertz CT molecular complexity index is 881. The van der Waals surface area contributed by atoms with Crippen LogP contribution in [0, 0.1) is 5.92 Å². The molecular weight excluding hydrogens is 362 g/mol. The highest BCUT2D eigenvalue weighted by molar-refractivity contribution is 6.12. The first-order valence-electron chi connectivity index (χ1n) is 10.8. The predicted octanol–water partition coefficient (Wildman–Crippen LogP) is 4.50. The zero-order valence-corrected chi connectivity index (χ0v) is 17.1. The minimum Gasteiger partial charge on any atom is -0.378 e. The second kappa shape index (κ2) is 7.38. The van der Waals surface area contributed by atoms with Crippen LogP contribution in [0.25, 0.3) is 0 Å². The number of anilines is 3. The molecule has 2 aromatic rings. The molecule has 2 aliphatic heterocycles. The third kappa shape index (κ3) is 3.27. The Morgan fingerprint density at radius 3 is 2.34 bits per heavy atom. The zero-order chi connectivity index (χ0) is 19.8. The summed E-state index contributed by atoms with van der Waals surface area (Å²) in [6, 6.07) is 16.4. The van der Waals surface area contributed by atoms with E-state index >= 15 is 0 Å². The second-order valence-electron chi connectivity index (χ2n) is 8.64. The van der Waals surface area contributed by atoms with Crippen molar-refractivity contribution in [1.29, 1.82) is 0 Å². The Hall–Kier alpha value is -2.53. The van der Waals surface area contributed by atoms with Crippen molar-refractivity contribution in [2.24, 2.45) is 5.92 Å². The smallest absolute Gasteiger partial charge is 0.262 e. The van der Waals surface area contributed by atoms with Gasteiger partial charge in [0.15, 0.2) is 0 Å². The summed E-state index contributed by atoms with van der Waals surface area (Å²) < 4.78 is 5.47. The molecular formula is C24H29N3O2. The number of fused-ring (bicyclic) bond motifs is 1. The van der Waals surface area contributed by atoms with Gasteiger partial charge in [0.2, 0.25) is 0 Å². The van der Waals surface area contributed by atoms with E-state index < -0.39 is 0 Å². The molecule has 29 heavy (non-hydrogen) atoms. The summed E-state index contributed by atoms with van der Waals surface area (Å²) in [4.78, 5) is 18.0. The van der Waals surface area contributed by atoms with Crippen LogP contribution in [0.3, 0.4) is 0 Å². The largest absolute Gasteiger partial charge is 0.378 e. The number of hydrogen-bond donors (Lipinski definition) is 1. The Morgan fingerprint density at radius 2 is 1.62 bits per heavy atom. The standard InChI is InChI=1S/C24H29N3O2/c1-18-10-12-24(13-11-18)25-22-5-3-2-4-21(22)23(28)27(24)20-8-6-19(7-9-20)26-14-16-29-17-15-26/h2-9,18,25H,10-17H2,1H3. The first-order chi connectivity index (χ1) is 14.2. The normalized spacial score (nSPS) is 26.9. The molecule has 1 spiro atoms. The number of nitrogens with one attached hydrogen (secondary N) is 1. The van der Waals surface area contributed by atoms with Crippen molar-refractivity contribution in [2.75, 3.05) is 41.4 Å². The van der Waals surface area contributed by atoms with Gasteiger partial charge in [-0.1, -0.05) is 19.1 Å². The number of carbonyl (C=O) groups excluding carboxylic acids is 1. The van der Waals surface area contributed by atoms with Gasteiger partial charge in [-0.15, -0.1) is 0 Å². The maximum atomic E-state index is 13.6. The third-order valence-corrected chi connectivity index (χ3v) is 6.74. The first-order valence-corrected chi connectivity index (χ1v) is 10.8. The molecule has 2 aromatic carbocycles. The number of hydrogen-bond acceptors (Lipinski definition) is 4. The lowest BCUT2D eigenvalue weighted by Crippen LogP contribution is -2.61. The van der Waals surface area contributed by atoms with Gasteiger partial charge in [-0.25, -0.2) is 0 Å². The monoisotopic (exact) mass is 391 g/mol. The molecule has 0 unspecified atom stereocenters. The Kier molecular flexibility index (Phi) is 4.70. The molecule has 3 aliphatic rings. The van der Waals surface area contributed by atoms with E-state index in [-0.39, 0.29) is 11.6 Å². The molecule has 1 N–H and O–H groups in total. The Labute approximate surface area is 172 Å². The molecule has 1 saturated carbocycles. The third-order valence-electron chi connectivity index (χ3n) is 6.74. The van der Waals surface area contributed by atoms with E-state index in [0.717, 1.165) is 68.9 Å². The van der Waals surface area contributed by atoms with Crippen molar-refractivity contribution in [1.82, 2.24) is 0 Å². The molecule has 0 aromatic heterocycles. The van der Waals surface area contributed by atoms with Crippen molar-refractivity contribution in [3.63, 3.8) is 0 Å². The van der Waals surface area contributed by atoms with E-state index in [0.29, 0.717) is 5.92 Å². The van der Waals surface area contributed by atoms with E-state index in [1.54, 1.807) is 0 Å². The van der Waals surface area contributed by atoms with E-state index in [9.17, 15) is 4.79 Å². The zero-order valence-electron chi connectivity index (χ0n) is 17.1. The van der Waals surface area contributed by atoms with Gasteiger partial charge in [0.05, 0.1) is 18.8 Å². The fourth-order valence-electron chi connectivity index (χ4n) is 4.99. The van der Waals surface area contributed by atoms with E-state index in [1.165, 1.54) is 5.69 Å². The van der Waals surface area contributed by atoms with E-state index in [2.05, 4.69) is 41.4 Å². The fourth-order valence-corrected chi connectivity index (χ4v) is 4.99. The van der Waals surface area contributed by atoms with Crippen LogP contribution in [0.5, 0.6) is 0 Å². The fraction of sp³-hybridized carbons (Fsp3) is 0.458. The summed E-state index contributed by atoms with van der Waals surface area (Å²) in [5, 5.41) is 3.77.